The molecule has 1 aromatic heterocycles. The number of hydrogen-bond donors (Lipinski definition) is 1. The van der Waals surface area contributed by atoms with Gasteiger partial charge < -0.3 is 10.2 Å². The van der Waals surface area contributed by atoms with Gasteiger partial charge in [-0.25, -0.2) is 0 Å². The normalized spacial score (nSPS) is 20.9. The molecule has 0 radical (unpaired) electrons. The number of hydrogen-bond acceptors (Lipinski definition) is 3. The molecule has 1 unspecified atom stereocenters. The summed E-state index contributed by atoms with van der Waals surface area (Å²) in [6, 6.07) is 1.99. The van der Waals surface area contributed by atoms with Crippen LogP contribution in [0, 0.1) is 5.92 Å². The Morgan fingerprint density at radius 3 is 3.06 bits per heavy atom. The van der Waals surface area contributed by atoms with Crippen LogP contribution in [0.4, 0.5) is 0 Å². The van der Waals surface area contributed by atoms with Crippen LogP contribution >= 0.6 is 0 Å². The number of aryl methyl sites for hydroxylation is 1. The summed E-state index contributed by atoms with van der Waals surface area (Å²) in [5, 5.41) is 7.14. The minimum Gasteiger partial charge on any atom is -0.355 e. The van der Waals surface area contributed by atoms with E-state index in [1.54, 1.807) is 6.20 Å². The van der Waals surface area contributed by atoms with E-state index >= 15 is 0 Å². The fourth-order valence-corrected chi connectivity index (χ4v) is 2.49. The van der Waals surface area contributed by atoms with Crippen molar-refractivity contribution in [3.8, 4) is 0 Å². The van der Waals surface area contributed by atoms with E-state index in [0.717, 1.165) is 38.0 Å². The first-order chi connectivity index (χ1) is 8.66. The molecular weight excluding hydrogens is 228 g/mol. The zero-order valence-corrected chi connectivity index (χ0v) is 11.2. The Kier molecular flexibility index (Phi) is 4.36. The van der Waals surface area contributed by atoms with Crippen molar-refractivity contribution >= 4 is 5.91 Å². The Balaban J connectivity index is 1.73. The number of carbonyl (C=O) groups excluding carboxylic acids is 1. The lowest BCUT2D eigenvalue weighted by molar-refractivity contribution is -0.126. The highest BCUT2D eigenvalue weighted by Crippen LogP contribution is 2.14. The maximum absolute atomic E-state index is 12.0. The molecule has 1 fully saturated rings. The molecular formula is C13H22N4O. The molecule has 1 aliphatic heterocycles. The molecule has 0 aliphatic carbocycles. The molecule has 1 atom stereocenters. The third kappa shape index (κ3) is 3.32. The van der Waals surface area contributed by atoms with Crippen LogP contribution in [0.2, 0.25) is 0 Å². The lowest BCUT2D eigenvalue weighted by Crippen LogP contribution is -2.41. The van der Waals surface area contributed by atoms with Crippen LogP contribution < -0.4 is 5.32 Å². The molecule has 5 nitrogen and oxygen atoms in total. The van der Waals surface area contributed by atoms with Crippen LogP contribution in [0.15, 0.2) is 12.3 Å². The Labute approximate surface area is 108 Å². The Morgan fingerprint density at radius 2 is 2.39 bits per heavy atom. The van der Waals surface area contributed by atoms with Crippen molar-refractivity contribution in [2.75, 3.05) is 26.7 Å². The SMILES string of the molecule is CN1CCCC(C(=O)NCCc2ccnn2C)C1. The fraction of sp³-hybridized carbons (Fsp3) is 0.692. The first-order valence-corrected chi connectivity index (χ1v) is 6.60. The van der Waals surface area contributed by atoms with Gasteiger partial charge in [0.25, 0.3) is 0 Å². The Hall–Kier alpha value is -1.36. The second-order valence-electron chi connectivity index (χ2n) is 5.09. The number of aromatic nitrogens is 2. The maximum atomic E-state index is 12.0. The highest BCUT2D eigenvalue weighted by Gasteiger charge is 2.23. The summed E-state index contributed by atoms with van der Waals surface area (Å²) in [4.78, 5) is 14.2. The number of rotatable bonds is 4. The number of likely N-dealkylation sites (tertiary alicyclic amines) is 1. The van der Waals surface area contributed by atoms with Crippen molar-refractivity contribution in [1.29, 1.82) is 0 Å². The molecule has 0 bridgehead atoms. The Morgan fingerprint density at radius 1 is 1.56 bits per heavy atom. The van der Waals surface area contributed by atoms with Crippen molar-refractivity contribution in [2.45, 2.75) is 19.3 Å². The van der Waals surface area contributed by atoms with Crippen molar-refractivity contribution < 1.29 is 4.79 Å². The van der Waals surface area contributed by atoms with Gasteiger partial charge >= 0.3 is 0 Å². The van der Waals surface area contributed by atoms with Crippen LogP contribution in [-0.4, -0.2) is 47.3 Å². The van der Waals surface area contributed by atoms with Crippen molar-refractivity contribution in [1.82, 2.24) is 20.0 Å². The second-order valence-corrected chi connectivity index (χ2v) is 5.09. The van der Waals surface area contributed by atoms with E-state index in [1.807, 2.05) is 17.8 Å². The number of carbonyl (C=O) groups is 1. The highest BCUT2D eigenvalue weighted by molar-refractivity contribution is 5.78. The van der Waals surface area contributed by atoms with E-state index in [4.69, 9.17) is 0 Å². The van der Waals surface area contributed by atoms with E-state index in [0.29, 0.717) is 6.54 Å². The molecule has 1 amide bonds. The molecule has 0 saturated carbocycles. The minimum atomic E-state index is 0.162. The average molecular weight is 250 g/mol. The molecule has 1 N–H and O–H groups in total. The van der Waals surface area contributed by atoms with Gasteiger partial charge in [-0.05, 0) is 32.5 Å². The van der Waals surface area contributed by atoms with Gasteiger partial charge in [0, 0.05) is 38.4 Å². The van der Waals surface area contributed by atoms with Crippen LogP contribution in [0.3, 0.4) is 0 Å². The molecule has 100 valence electrons. The van der Waals surface area contributed by atoms with Gasteiger partial charge in [-0.15, -0.1) is 0 Å². The largest absolute Gasteiger partial charge is 0.355 e. The smallest absolute Gasteiger partial charge is 0.224 e. The van der Waals surface area contributed by atoms with E-state index in [9.17, 15) is 4.79 Å². The minimum absolute atomic E-state index is 0.162. The second kappa shape index (κ2) is 6.00. The summed E-state index contributed by atoms with van der Waals surface area (Å²) >= 11 is 0. The standard InChI is InChI=1S/C13H22N4O/c1-16-9-3-4-11(10-16)13(18)14-7-5-12-6-8-15-17(12)2/h6,8,11H,3-5,7,9-10H2,1-2H3,(H,14,18). The van der Waals surface area contributed by atoms with E-state index in [1.165, 1.54) is 0 Å². The van der Waals surface area contributed by atoms with Crippen LogP contribution in [-0.2, 0) is 18.3 Å². The molecule has 2 rings (SSSR count). The van der Waals surface area contributed by atoms with Crippen LogP contribution in [0.1, 0.15) is 18.5 Å². The van der Waals surface area contributed by atoms with Gasteiger partial charge in [0.2, 0.25) is 5.91 Å². The summed E-state index contributed by atoms with van der Waals surface area (Å²) in [6.07, 6.45) is 4.76. The summed E-state index contributed by atoms with van der Waals surface area (Å²) in [7, 11) is 4.00. The fourth-order valence-electron chi connectivity index (χ4n) is 2.49. The van der Waals surface area contributed by atoms with Crippen molar-refractivity contribution in [2.24, 2.45) is 13.0 Å². The maximum Gasteiger partial charge on any atom is 0.224 e. The van der Waals surface area contributed by atoms with E-state index in [-0.39, 0.29) is 11.8 Å². The molecule has 0 spiro atoms. The monoisotopic (exact) mass is 250 g/mol. The van der Waals surface area contributed by atoms with Gasteiger partial charge in [0.15, 0.2) is 0 Å². The van der Waals surface area contributed by atoms with Crippen LogP contribution in [0.25, 0.3) is 0 Å². The highest BCUT2D eigenvalue weighted by atomic mass is 16.1. The molecule has 1 saturated heterocycles. The summed E-state index contributed by atoms with van der Waals surface area (Å²) in [5.41, 5.74) is 1.15. The summed E-state index contributed by atoms with van der Waals surface area (Å²) < 4.78 is 1.85. The van der Waals surface area contributed by atoms with E-state index < -0.39 is 0 Å². The average Bonchev–Trinajstić information content (AvgIpc) is 2.75. The quantitative estimate of drug-likeness (QED) is 0.842. The molecule has 18 heavy (non-hydrogen) atoms. The zero-order valence-electron chi connectivity index (χ0n) is 11.2. The van der Waals surface area contributed by atoms with Gasteiger partial charge in [0.1, 0.15) is 0 Å². The van der Waals surface area contributed by atoms with Gasteiger partial charge in [-0.2, -0.15) is 5.10 Å². The third-order valence-corrected chi connectivity index (χ3v) is 3.60. The summed E-state index contributed by atoms with van der Waals surface area (Å²) in [6.45, 7) is 2.69. The zero-order chi connectivity index (χ0) is 13.0. The Bertz CT molecular complexity index is 401. The first-order valence-electron chi connectivity index (χ1n) is 6.60. The molecule has 2 heterocycles. The lowest BCUT2D eigenvalue weighted by atomic mass is 9.97. The van der Waals surface area contributed by atoms with Gasteiger partial charge in [-0.1, -0.05) is 0 Å². The van der Waals surface area contributed by atoms with Gasteiger partial charge in [-0.3, -0.25) is 9.48 Å². The molecule has 1 aromatic rings. The number of piperidine rings is 1. The topological polar surface area (TPSA) is 50.2 Å². The predicted molar refractivity (Wildman–Crippen MR) is 70.1 cm³/mol. The van der Waals surface area contributed by atoms with E-state index in [2.05, 4.69) is 22.4 Å². The van der Waals surface area contributed by atoms with Crippen molar-refractivity contribution in [3.63, 3.8) is 0 Å². The summed E-state index contributed by atoms with van der Waals surface area (Å²) in [5.74, 6) is 0.360. The first kappa shape index (κ1) is 13.1. The lowest BCUT2D eigenvalue weighted by Gasteiger charge is -2.28. The molecule has 5 heteroatoms. The van der Waals surface area contributed by atoms with Crippen molar-refractivity contribution in [3.05, 3.63) is 18.0 Å². The van der Waals surface area contributed by atoms with Crippen LogP contribution in [0.5, 0.6) is 0 Å². The number of amides is 1. The van der Waals surface area contributed by atoms with Gasteiger partial charge in [0.05, 0.1) is 5.92 Å². The molecule has 0 aromatic carbocycles. The predicted octanol–water partition coefficient (Wildman–Crippen LogP) is 0.421. The number of nitrogens with one attached hydrogen (secondary N) is 1. The molecule has 1 aliphatic rings. The third-order valence-electron chi connectivity index (χ3n) is 3.60. The number of nitrogens with zero attached hydrogens (tertiary/aromatic N) is 3.